The first-order valence-corrected chi connectivity index (χ1v) is 9.75. The van der Waals surface area contributed by atoms with Crippen LogP contribution in [0.2, 0.25) is 0 Å². The minimum Gasteiger partial charge on any atom is -0.389 e. The lowest BCUT2D eigenvalue weighted by molar-refractivity contribution is 0.0303. The number of anilines is 1. The smallest absolute Gasteiger partial charge is 0.254 e. The number of carbonyl (C=O) groups is 1. The number of ether oxygens (including phenoxy) is 2. The zero-order valence-corrected chi connectivity index (χ0v) is 16.3. The number of hydrogen-bond donors (Lipinski definition) is 1. The summed E-state index contributed by atoms with van der Waals surface area (Å²) in [6.07, 6.45) is 1.11. The Morgan fingerprint density at radius 1 is 1.25 bits per heavy atom. The van der Waals surface area contributed by atoms with Gasteiger partial charge in [0.1, 0.15) is 5.82 Å². The summed E-state index contributed by atoms with van der Waals surface area (Å²) >= 11 is 0. The lowest BCUT2D eigenvalue weighted by Crippen LogP contribution is -2.41. The van der Waals surface area contributed by atoms with Crippen molar-refractivity contribution in [3.8, 4) is 0 Å². The topological polar surface area (TPSA) is 88.0 Å². The molecular weight excluding hydrogens is 360 g/mol. The van der Waals surface area contributed by atoms with Gasteiger partial charge in [-0.1, -0.05) is 0 Å². The molecule has 2 unspecified atom stereocenters. The van der Waals surface area contributed by atoms with Crippen LogP contribution >= 0.6 is 0 Å². The van der Waals surface area contributed by atoms with Crippen LogP contribution in [0.5, 0.6) is 0 Å². The Bertz CT molecular complexity index is 867. The summed E-state index contributed by atoms with van der Waals surface area (Å²) in [6.45, 7) is 8.10. The minimum atomic E-state index is -0.756. The van der Waals surface area contributed by atoms with Crippen molar-refractivity contribution in [2.24, 2.45) is 0 Å². The molecule has 2 aromatic rings. The van der Waals surface area contributed by atoms with Crippen molar-refractivity contribution in [3.05, 3.63) is 29.5 Å². The summed E-state index contributed by atoms with van der Waals surface area (Å²) < 4.78 is 10.9. The maximum Gasteiger partial charge on any atom is 0.254 e. The summed E-state index contributed by atoms with van der Waals surface area (Å²) in [5.74, 6) is 0.691. The molecule has 2 atom stereocenters. The van der Waals surface area contributed by atoms with Crippen molar-refractivity contribution in [1.29, 1.82) is 0 Å². The van der Waals surface area contributed by atoms with E-state index in [-0.39, 0.29) is 12.0 Å². The third kappa shape index (κ3) is 3.80. The number of aliphatic hydroxyl groups is 1. The molecule has 1 aromatic carbocycles. The molecule has 8 heteroatoms. The van der Waals surface area contributed by atoms with Crippen molar-refractivity contribution in [2.75, 3.05) is 50.9 Å². The van der Waals surface area contributed by atoms with Gasteiger partial charge < -0.3 is 24.4 Å². The third-order valence-electron chi connectivity index (χ3n) is 5.23. The molecule has 0 saturated carbocycles. The molecule has 0 radical (unpaired) electrons. The summed E-state index contributed by atoms with van der Waals surface area (Å²) in [5.41, 5.74) is 2.38. The van der Waals surface area contributed by atoms with Crippen LogP contribution in [0.25, 0.3) is 11.0 Å². The molecule has 3 heterocycles. The van der Waals surface area contributed by atoms with Crippen LogP contribution in [0.3, 0.4) is 0 Å². The van der Waals surface area contributed by atoms with E-state index in [4.69, 9.17) is 14.5 Å². The molecule has 28 heavy (non-hydrogen) atoms. The molecule has 2 saturated heterocycles. The molecule has 1 amide bonds. The van der Waals surface area contributed by atoms with Crippen LogP contribution in [0.15, 0.2) is 18.3 Å². The van der Waals surface area contributed by atoms with Gasteiger partial charge in [-0.15, -0.1) is 0 Å². The molecule has 0 bridgehead atoms. The van der Waals surface area contributed by atoms with Crippen LogP contribution < -0.4 is 4.90 Å². The van der Waals surface area contributed by atoms with Crippen molar-refractivity contribution in [2.45, 2.75) is 26.1 Å². The fraction of sp³-hybridized carbons (Fsp3) is 0.550. The Morgan fingerprint density at radius 3 is 2.75 bits per heavy atom. The van der Waals surface area contributed by atoms with Crippen molar-refractivity contribution in [3.63, 3.8) is 0 Å². The van der Waals surface area contributed by atoms with Gasteiger partial charge in [-0.3, -0.25) is 9.78 Å². The molecule has 0 spiro atoms. The predicted molar refractivity (Wildman–Crippen MR) is 105 cm³/mol. The van der Waals surface area contributed by atoms with Gasteiger partial charge in [0.05, 0.1) is 49.3 Å². The fourth-order valence-corrected chi connectivity index (χ4v) is 3.70. The number of nitrogens with zero attached hydrogens (tertiary/aromatic N) is 4. The monoisotopic (exact) mass is 386 g/mol. The number of morpholine rings is 2. The lowest BCUT2D eigenvalue weighted by Gasteiger charge is -2.32. The molecule has 4 rings (SSSR count). The Hall–Kier alpha value is -2.29. The Labute approximate surface area is 164 Å². The first-order valence-electron chi connectivity index (χ1n) is 9.75. The molecule has 2 aliphatic rings. The van der Waals surface area contributed by atoms with E-state index in [0.29, 0.717) is 55.1 Å². The highest BCUT2D eigenvalue weighted by molar-refractivity contribution is 5.98. The average Bonchev–Trinajstić information content (AvgIpc) is 2.72. The highest BCUT2D eigenvalue weighted by Gasteiger charge is 2.23. The number of aliphatic hydroxyl groups excluding tert-OH is 1. The van der Waals surface area contributed by atoms with Gasteiger partial charge in [0.15, 0.2) is 0 Å². The maximum atomic E-state index is 12.9. The van der Waals surface area contributed by atoms with E-state index >= 15 is 0 Å². The van der Waals surface area contributed by atoms with Crippen molar-refractivity contribution in [1.82, 2.24) is 14.9 Å². The number of amides is 1. The average molecular weight is 386 g/mol. The zero-order chi connectivity index (χ0) is 19.7. The molecule has 2 aliphatic heterocycles. The van der Waals surface area contributed by atoms with Crippen molar-refractivity contribution < 1.29 is 19.4 Å². The summed E-state index contributed by atoms with van der Waals surface area (Å²) in [7, 11) is 0. The number of benzene rings is 1. The van der Waals surface area contributed by atoms with Gasteiger partial charge in [0.2, 0.25) is 0 Å². The number of aromatic nitrogens is 2. The Morgan fingerprint density at radius 2 is 2.04 bits per heavy atom. The van der Waals surface area contributed by atoms with Crippen LogP contribution in [-0.4, -0.2) is 78.0 Å². The molecule has 2 fully saturated rings. The first-order chi connectivity index (χ1) is 13.5. The third-order valence-corrected chi connectivity index (χ3v) is 5.23. The van der Waals surface area contributed by atoms with Crippen LogP contribution in [0.4, 0.5) is 5.82 Å². The first kappa shape index (κ1) is 19.0. The molecule has 1 N–H and O–H groups in total. The van der Waals surface area contributed by atoms with Gasteiger partial charge in [-0.25, -0.2) is 4.98 Å². The van der Waals surface area contributed by atoms with Crippen LogP contribution in [0.1, 0.15) is 35.9 Å². The van der Waals surface area contributed by atoms with E-state index in [1.807, 2.05) is 6.92 Å². The quantitative estimate of drug-likeness (QED) is 0.853. The fourth-order valence-electron chi connectivity index (χ4n) is 3.70. The number of fused-ring (bicyclic) bond motifs is 1. The Kier molecular flexibility index (Phi) is 5.43. The second-order valence-electron chi connectivity index (χ2n) is 7.37. The van der Waals surface area contributed by atoms with Crippen molar-refractivity contribution >= 4 is 22.8 Å². The molecule has 1 aromatic heterocycles. The molecule has 150 valence electrons. The van der Waals surface area contributed by atoms with E-state index in [9.17, 15) is 9.90 Å². The lowest BCUT2D eigenvalue weighted by atomic mass is 10.0. The standard InChI is InChI=1S/C20H26N4O4/c1-13-12-24(5-8-28-13)18-11-21-17-10-15(9-16(14(2)25)19(17)22-18)20(26)23-3-6-27-7-4-23/h9-11,13-14,25H,3-8,12H2,1-2H3. The minimum absolute atomic E-state index is 0.0695. The zero-order valence-electron chi connectivity index (χ0n) is 16.3. The second-order valence-corrected chi connectivity index (χ2v) is 7.37. The van der Waals surface area contributed by atoms with Gasteiger partial charge >= 0.3 is 0 Å². The van der Waals surface area contributed by atoms with Gasteiger partial charge in [0, 0.05) is 37.3 Å². The summed E-state index contributed by atoms with van der Waals surface area (Å²) in [6, 6.07) is 3.50. The van der Waals surface area contributed by atoms with Crippen LogP contribution in [-0.2, 0) is 9.47 Å². The summed E-state index contributed by atoms with van der Waals surface area (Å²) in [4.78, 5) is 26.1. The van der Waals surface area contributed by atoms with E-state index < -0.39 is 6.10 Å². The number of hydrogen-bond acceptors (Lipinski definition) is 7. The maximum absolute atomic E-state index is 12.9. The SMILES string of the molecule is CC1CN(c2cnc3cc(C(=O)N4CCOCC4)cc(C(C)O)c3n2)CCO1. The largest absolute Gasteiger partial charge is 0.389 e. The van der Waals surface area contributed by atoms with E-state index in [0.717, 1.165) is 18.9 Å². The Balaban J connectivity index is 1.71. The molecule has 8 nitrogen and oxygen atoms in total. The van der Waals surface area contributed by atoms with Gasteiger partial charge in [-0.2, -0.15) is 0 Å². The van der Waals surface area contributed by atoms with Gasteiger partial charge in [0.25, 0.3) is 5.91 Å². The van der Waals surface area contributed by atoms with Gasteiger partial charge in [-0.05, 0) is 26.0 Å². The van der Waals surface area contributed by atoms with E-state index in [1.54, 1.807) is 30.2 Å². The normalized spacial score (nSPS) is 21.8. The highest BCUT2D eigenvalue weighted by Crippen LogP contribution is 2.27. The number of rotatable bonds is 3. The van der Waals surface area contributed by atoms with E-state index in [2.05, 4.69) is 9.88 Å². The molecule has 0 aliphatic carbocycles. The number of carbonyl (C=O) groups excluding carboxylic acids is 1. The highest BCUT2D eigenvalue weighted by atomic mass is 16.5. The predicted octanol–water partition coefficient (Wildman–Crippen LogP) is 1.38. The molecular formula is C20H26N4O4. The van der Waals surface area contributed by atoms with E-state index in [1.165, 1.54) is 0 Å². The van der Waals surface area contributed by atoms with Crippen LogP contribution in [0, 0.1) is 0 Å². The summed E-state index contributed by atoms with van der Waals surface area (Å²) in [5, 5.41) is 10.3. The second kappa shape index (κ2) is 7.98.